The number of rotatable bonds is 4. The highest BCUT2D eigenvalue weighted by Gasteiger charge is 2.23. The van der Waals surface area contributed by atoms with Crippen LogP contribution in [-0.2, 0) is 0 Å². The van der Waals surface area contributed by atoms with E-state index in [0.717, 1.165) is 28.5 Å². The Labute approximate surface area is 146 Å². The molecule has 0 N–H and O–H groups in total. The molecule has 1 atom stereocenters. The molecule has 7 nitrogen and oxygen atoms in total. The Balaban J connectivity index is 1.58. The summed E-state index contributed by atoms with van der Waals surface area (Å²) in [6.07, 6.45) is 1.58. The minimum atomic E-state index is -0.0569. The van der Waals surface area contributed by atoms with Crippen LogP contribution in [0.4, 0.5) is 5.69 Å². The van der Waals surface area contributed by atoms with Gasteiger partial charge >= 0.3 is 0 Å². The van der Waals surface area contributed by atoms with Gasteiger partial charge in [-0.2, -0.15) is 9.61 Å². The van der Waals surface area contributed by atoms with E-state index in [-0.39, 0.29) is 6.10 Å². The normalized spacial score (nSPS) is 16.4. The van der Waals surface area contributed by atoms with Crippen molar-refractivity contribution in [3.05, 3.63) is 42.4 Å². The lowest BCUT2D eigenvalue weighted by Crippen LogP contribution is -2.39. The first-order valence-electron chi connectivity index (χ1n) is 8.42. The molecule has 4 rings (SSSR count). The van der Waals surface area contributed by atoms with E-state index < -0.39 is 0 Å². The molecule has 25 heavy (non-hydrogen) atoms. The Morgan fingerprint density at radius 2 is 2.08 bits per heavy atom. The van der Waals surface area contributed by atoms with E-state index in [1.807, 2.05) is 31.3 Å². The average Bonchev–Trinajstić information content (AvgIpc) is 3.09. The number of hydrogen-bond acceptors (Lipinski definition) is 6. The maximum atomic E-state index is 6.07. The fourth-order valence-corrected chi connectivity index (χ4v) is 2.95. The topological polar surface area (TPSA) is 64.8 Å². The van der Waals surface area contributed by atoms with Gasteiger partial charge in [-0.25, -0.2) is 0 Å². The molecule has 0 spiro atoms. The lowest BCUT2D eigenvalue weighted by atomic mass is 10.1. The Hall–Kier alpha value is -2.83. The molecule has 1 aliphatic heterocycles. The molecular weight excluding hydrogens is 318 g/mol. The summed E-state index contributed by atoms with van der Waals surface area (Å²) in [6, 6.07) is 9.83. The van der Waals surface area contributed by atoms with Gasteiger partial charge in [-0.05, 0) is 24.1 Å². The standard InChI is InChI=1S/C18H21N5O2/c1-12(2)14-8-15(18-20-19-11-23(18)21-14)22(3)9-13-10-24-16-6-4-5-7-17(16)25-13/h4-8,11-13H,9-10H2,1-3H3. The first-order chi connectivity index (χ1) is 12.1. The van der Waals surface area contributed by atoms with Crippen LogP contribution in [0.25, 0.3) is 5.65 Å². The fraction of sp³-hybridized carbons (Fsp3) is 0.389. The number of para-hydroxylation sites is 2. The predicted molar refractivity (Wildman–Crippen MR) is 94.5 cm³/mol. The third-order valence-electron chi connectivity index (χ3n) is 4.32. The van der Waals surface area contributed by atoms with E-state index in [1.165, 1.54) is 0 Å². The monoisotopic (exact) mass is 339 g/mol. The lowest BCUT2D eigenvalue weighted by molar-refractivity contribution is 0.0960. The second-order valence-corrected chi connectivity index (χ2v) is 6.59. The van der Waals surface area contributed by atoms with Gasteiger partial charge < -0.3 is 14.4 Å². The van der Waals surface area contributed by atoms with Crippen molar-refractivity contribution in [1.82, 2.24) is 19.8 Å². The molecular formula is C18H21N5O2. The smallest absolute Gasteiger partial charge is 0.200 e. The summed E-state index contributed by atoms with van der Waals surface area (Å²) >= 11 is 0. The molecule has 3 aromatic rings. The van der Waals surface area contributed by atoms with Gasteiger partial charge in [0.15, 0.2) is 17.6 Å². The fourth-order valence-electron chi connectivity index (χ4n) is 2.95. The van der Waals surface area contributed by atoms with E-state index in [9.17, 15) is 0 Å². The van der Waals surface area contributed by atoms with Crippen LogP contribution in [0.2, 0.25) is 0 Å². The van der Waals surface area contributed by atoms with Gasteiger partial charge in [-0.3, -0.25) is 0 Å². The minimum absolute atomic E-state index is 0.0569. The molecule has 0 amide bonds. The number of fused-ring (bicyclic) bond motifs is 2. The highest BCUT2D eigenvalue weighted by atomic mass is 16.6. The SMILES string of the molecule is CC(C)c1cc(N(C)CC2COc3ccccc3O2)c2nncn2n1. The van der Waals surface area contributed by atoms with Crippen molar-refractivity contribution in [2.75, 3.05) is 25.1 Å². The van der Waals surface area contributed by atoms with Crippen molar-refractivity contribution < 1.29 is 9.47 Å². The number of likely N-dealkylation sites (N-methyl/N-ethyl adjacent to an activating group) is 1. The van der Waals surface area contributed by atoms with Crippen LogP contribution < -0.4 is 14.4 Å². The Kier molecular flexibility index (Phi) is 3.91. The summed E-state index contributed by atoms with van der Waals surface area (Å²) in [5, 5.41) is 12.8. The molecule has 1 aliphatic rings. The highest BCUT2D eigenvalue weighted by molar-refractivity contribution is 5.68. The van der Waals surface area contributed by atoms with Crippen molar-refractivity contribution in [3.63, 3.8) is 0 Å². The van der Waals surface area contributed by atoms with Crippen LogP contribution in [-0.4, -0.2) is 46.1 Å². The van der Waals surface area contributed by atoms with Gasteiger partial charge in [0.2, 0.25) is 5.65 Å². The molecule has 0 saturated heterocycles. The van der Waals surface area contributed by atoms with Gasteiger partial charge in [0.05, 0.1) is 17.9 Å². The summed E-state index contributed by atoms with van der Waals surface area (Å²) in [7, 11) is 2.03. The number of aromatic nitrogens is 4. The number of anilines is 1. The van der Waals surface area contributed by atoms with E-state index in [1.54, 1.807) is 10.8 Å². The van der Waals surface area contributed by atoms with E-state index in [2.05, 4.69) is 40.1 Å². The second-order valence-electron chi connectivity index (χ2n) is 6.59. The van der Waals surface area contributed by atoms with Gasteiger partial charge in [-0.1, -0.05) is 26.0 Å². The van der Waals surface area contributed by atoms with Crippen LogP contribution in [0, 0.1) is 0 Å². The van der Waals surface area contributed by atoms with Crippen LogP contribution in [0.5, 0.6) is 11.5 Å². The van der Waals surface area contributed by atoms with Gasteiger partial charge in [-0.15, -0.1) is 10.2 Å². The van der Waals surface area contributed by atoms with Crippen molar-refractivity contribution in [2.45, 2.75) is 25.9 Å². The molecule has 1 aromatic carbocycles. The Morgan fingerprint density at radius 3 is 2.88 bits per heavy atom. The Bertz CT molecular complexity index is 892. The predicted octanol–water partition coefficient (Wildman–Crippen LogP) is 2.52. The summed E-state index contributed by atoms with van der Waals surface area (Å²) in [6.45, 7) is 5.44. The molecule has 0 bridgehead atoms. The minimum Gasteiger partial charge on any atom is -0.486 e. The zero-order valence-corrected chi connectivity index (χ0v) is 14.6. The molecule has 2 aromatic heterocycles. The quantitative estimate of drug-likeness (QED) is 0.728. The van der Waals surface area contributed by atoms with Gasteiger partial charge in [0.1, 0.15) is 12.9 Å². The largest absolute Gasteiger partial charge is 0.486 e. The second kappa shape index (κ2) is 6.23. The summed E-state index contributed by atoms with van der Waals surface area (Å²) in [5.41, 5.74) is 2.72. The van der Waals surface area contributed by atoms with Crippen LogP contribution in [0.3, 0.4) is 0 Å². The molecule has 130 valence electrons. The van der Waals surface area contributed by atoms with Crippen molar-refractivity contribution >= 4 is 11.3 Å². The van der Waals surface area contributed by atoms with Crippen molar-refractivity contribution in [2.24, 2.45) is 0 Å². The Morgan fingerprint density at radius 1 is 1.28 bits per heavy atom. The maximum absolute atomic E-state index is 6.07. The van der Waals surface area contributed by atoms with Crippen LogP contribution in [0.1, 0.15) is 25.5 Å². The lowest BCUT2D eigenvalue weighted by Gasteiger charge is -2.30. The molecule has 0 aliphatic carbocycles. The number of ether oxygens (including phenoxy) is 2. The zero-order valence-electron chi connectivity index (χ0n) is 14.6. The van der Waals surface area contributed by atoms with Crippen LogP contribution >= 0.6 is 0 Å². The molecule has 3 heterocycles. The number of nitrogens with zero attached hydrogens (tertiary/aromatic N) is 5. The highest BCUT2D eigenvalue weighted by Crippen LogP contribution is 2.31. The van der Waals surface area contributed by atoms with Crippen LogP contribution in [0.15, 0.2) is 36.7 Å². The molecule has 7 heteroatoms. The summed E-state index contributed by atoms with van der Waals surface area (Å²) < 4.78 is 13.6. The summed E-state index contributed by atoms with van der Waals surface area (Å²) in [5.74, 6) is 1.91. The first kappa shape index (κ1) is 15.7. The van der Waals surface area contributed by atoms with Gasteiger partial charge in [0.25, 0.3) is 0 Å². The number of benzene rings is 1. The molecule has 0 saturated carbocycles. The zero-order chi connectivity index (χ0) is 17.4. The third-order valence-corrected chi connectivity index (χ3v) is 4.32. The molecule has 0 fully saturated rings. The van der Waals surface area contributed by atoms with Gasteiger partial charge in [0, 0.05) is 7.05 Å². The van der Waals surface area contributed by atoms with Crippen molar-refractivity contribution in [3.8, 4) is 11.5 Å². The maximum Gasteiger partial charge on any atom is 0.200 e. The van der Waals surface area contributed by atoms with E-state index >= 15 is 0 Å². The van der Waals surface area contributed by atoms with Crippen molar-refractivity contribution in [1.29, 1.82) is 0 Å². The first-order valence-corrected chi connectivity index (χ1v) is 8.42. The number of hydrogen-bond donors (Lipinski definition) is 0. The summed E-state index contributed by atoms with van der Waals surface area (Å²) in [4.78, 5) is 2.12. The molecule has 0 radical (unpaired) electrons. The van der Waals surface area contributed by atoms with E-state index in [0.29, 0.717) is 19.1 Å². The average molecular weight is 339 g/mol. The van der Waals surface area contributed by atoms with E-state index in [4.69, 9.17) is 9.47 Å². The molecule has 1 unspecified atom stereocenters. The third kappa shape index (κ3) is 2.97.